The zero-order chi connectivity index (χ0) is 20.1. The van der Waals surface area contributed by atoms with Gasteiger partial charge in [0, 0.05) is 40.4 Å². The van der Waals surface area contributed by atoms with Crippen molar-refractivity contribution in [2.75, 3.05) is 5.32 Å². The third-order valence-electron chi connectivity index (χ3n) is 4.50. The Morgan fingerprint density at radius 3 is 2.59 bits per heavy atom. The molecule has 5 nitrogen and oxygen atoms in total. The minimum Gasteiger partial charge on any atom is -0.340 e. The topological polar surface area (TPSA) is 55.6 Å². The normalized spacial score (nSPS) is 10.8. The van der Waals surface area contributed by atoms with Crippen molar-refractivity contribution >= 4 is 23.1 Å². The summed E-state index contributed by atoms with van der Waals surface area (Å²) in [6.07, 6.45) is 5.66. The molecule has 2 aromatic carbocycles. The fourth-order valence-corrected chi connectivity index (χ4v) is 3.32. The number of aromatic nitrogens is 4. The van der Waals surface area contributed by atoms with Gasteiger partial charge in [-0.25, -0.2) is 9.97 Å². The molecule has 2 aromatic heterocycles. The first-order valence-electron chi connectivity index (χ1n) is 9.67. The second kappa shape index (κ2) is 8.88. The highest BCUT2D eigenvalue weighted by Crippen LogP contribution is 2.24. The Labute approximate surface area is 175 Å². The van der Waals surface area contributed by atoms with E-state index in [0.29, 0.717) is 10.8 Å². The van der Waals surface area contributed by atoms with Gasteiger partial charge in [0.1, 0.15) is 5.82 Å². The van der Waals surface area contributed by atoms with E-state index in [4.69, 9.17) is 21.6 Å². The summed E-state index contributed by atoms with van der Waals surface area (Å²) < 4.78 is 1.90. The highest BCUT2D eigenvalue weighted by atomic mass is 35.5. The van der Waals surface area contributed by atoms with Crippen molar-refractivity contribution in [3.05, 3.63) is 89.3 Å². The molecule has 0 aliphatic heterocycles. The highest BCUT2D eigenvalue weighted by Gasteiger charge is 2.08. The number of rotatable bonds is 7. The molecule has 0 unspecified atom stereocenters. The van der Waals surface area contributed by atoms with E-state index in [-0.39, 0.29) is 0 Å². The largest absolute Gasteiger partial charge is 0.340 e. The molecule has 4 aromatic rings. The standard InChI is InChI=1S/C23H22ClN5/c1-2-5-21-15-22(28-23(27-21)18-6-3-7-19(24)14-18)26-20-10-8-17(9-11-20)16-29-13-4-12-25-29/h3-4,6-15H,2,5,16H2,1H3,(H,26,27,28). The van der Waals surface area contributed by atoms with Crippen LogP contribution in [0.5, 0.6) is 0 Å². The van der Waals surface area contributed by atoms with Crippen LogP contribution in [-0.4, -0.2) is 19.7 Å². The van der Waals surface area contributed by atoms with Gasteiger partial charge < -0.3 is 5.32 Å². The van der Waals surface area contributed by atoms with Crippen molar-refractivity contribution in [3.8, 4) is 11.4 Å². The Hall–Kier alpha value is -3.18. The molecule has 0 aliphatic carbocycles. The number of aryl methyl sites for hydroxylation is 1. The maximum absolute atomic E-state index is 6.15. The molecule has 0 aliphatic rings. The van der Waals surface area contributed by atoms with Gasteiger partial charge in [0.2, 0.25) is 0 Å². The molecular weight excluding hydrogens is 382 g/mol. The third kappa shape index (κ3) is 5.00. The maximum Gasteiger partial charge on any atom is 0.161 e. The second-order valence-corrected chi connectivity index (χ2v) is 7.29. The number of halogens is 1. The van der Waals surface area contributed by atoms with Gasteiger partial charge in [0.15, 0.2) is 5.82 Å². The molecule has 0 amide bonds. The molecule has 0 fully saturated rings. The molecule has 0 saturated heterocycles. The lowest BCUT2D eigenvalue weighted by atomic mass is 10.2. The molecule has 0 radical (unpaired) electrons. The van der Waals surface area contributed by atoms with Crippen molar-refractivity contribution in [3.63, 3.8) is 0 Å². The lowest BCUT2D eigenvalue weighted by Gasteiger charge is -2.11. The molecule has 0 bridgehead atoms. The van der Waals surface area contributed by atoms with Crippen LogP contribution in [0, 0.1) is 0 Å². The van der Waals surface area contributed by atoms with Crippen molar-refractivity contribution < 1.29 is 0 Å². The van der Waals surface area contributed by atoms with E-state index in [9.17, 15) is 0 Å². The quantitative estimate of drug-likeness (QED) is 0.427. The van der Waals surface area contributed by atoms with E-state index < -0.39 is 0 Å². The summed E-state index contributed by atoms with van der Waals surface area (Å²) in [4.78, 5) is 9.42. The summed E-state index contributed by atoms with van der Waals surface area (Å²) >= 11 is 6.15. The van der Waals surface area contributed by atoms with Crippen LogP contribution in [0.1, 0.15) is 24.6 Å². The molecule has 2 heterocycles. The van der Waals surface area contributed by atoms with Crippen molar-refractivity contribution in [2.24, 2.45) is 0 Å². The predicted octanol–water partition coefficient (Wildman–Crippen LogP) is 5.74. The van der Waals surface area contributed by atoms with Gasteiger partial charge >= 0.3 is 0 Å². The zero-order valence-electron chi connectivity index (χ0n) is 16.2. The van der Waals surface area contributed by atoms with Crippen molar-refractivity contribution in [2.45, 2.75) is 26.3 Å². The summed E-state index contributed by atoms with van der Waals surface area (Å²) in [5, 5.41) is 8.33. The van der Waals surface area contributed by atoms with Crippen LogP contribution < -0.4 is 5.32 Å². The van der Waals surface area contributed by atoms with Gasteiger partial charge in [-0.2, -0.15) is 5.10 Å². The SMILES string of the molecule is CCCc1cc(Nc2ccc(Cn3cccn3)cc2)nc(-c2cccc(Cl)c2)n1. The van der Waals surface area contributed by atoms with Gasteiger partial charge in [0.05, 0.1) is 6.54 Å². The van der Waals surface area contributed by atoms with Crippen LogP contribution in [0.15, 0.2) is 73.1 Å². The van der Waals surface area contributed by atoms with E-state index >= 15 is 0 Å². The van der Waals surface area contributed by atoms with Crippen LogP contribution in [-0.2, 0) is 13.0 Å². The van der Waals surface area contributed by atoms with Crippen molar-refractivity contribution in [1.82, 2.24) is 19.7 Å². The lowest BCUT2D eigenvalue weighted by molar-refractivity contribution is 0.687. The van der Waals surface area contributed by atoms with Crippen LogP contribution in [0.25, 0.3) is 11.4 Å². The van der Waals surface area contributed by atoms with Gasteiger partial charge in [-0.3, -0.25) is 4.68 Å². The summed E-state index contributed by atoms with van der Waals surface area (Å²) in [5.74, 6) is 1.45. The molecule has 0 saturated carbocycles. The zero-order valence-corrected chi connectivity index (χ0v) is 17.0. The molecule has 146 valence electrons. The molecule has 4 rings (SSSR count). The Bertz CT molecular complexity index is 1070. The first kappa shape index (κ1) is 19.2. The van der Waals surface area contributed by atoms with Gasteiger partial charge in [-0.05, 0) is 42.3 Å². The Kier molecular flexibility index (Phi) is 5.86. The molecule has 0 spiro atoms. The number of benzene rings is 2. The van der Waals surface area contributed by atoms with Crippen LogP contribution in [0.2, 0.25) is 5.02 Å². The summed E-state index contributed by atoms with van der Waals surface area (Å²) in [6.45, 7) is 2.90. The van der Waals surface area contributed by atoms with E-state index in [0.717, 1.165) is 42.1 Å². The summed E-state index contributed by atoms with van der Waals surface area (Å²) in [5.41, 5.74) is 4.09. The van der Waals surface area contributed by atoms with E-state index in [1.165, 1.54) is 5.56 Å². The number of anilines is 2. The lowest BCUT2D eigenvalue weighted by Crippen LogP contribution is -2.02. The number of hydrogen-bond donors (Lipinski definition) is 1. The average molecular weight is 404 g/mol. The van der Waals surface area contributed by atoms with E-state index in [2.05, 4.69) is 41.6 Å². The van der Waals surface area contributed by atoms with Crippen LogP contribution in [0.3, 0.4) is 0 Å². The fraction of sp³-hybridized carbons (Fsp3) is 0.174. The first-order valence-corrected chi connectivity index (χ1v) is 10.0. The van der Waals surface area contributed by atoms with Crippen molar-refractivity contribution in [1.29, 1.82) is 0 Å². The Morgan fingerprint density at radius 1 is 1.00 bits per heavy atom. The number of hydrogen-bond acceptors (Lipinski definition) is 4. The highest BCUT2D eigenvalue weighted by molar-refractivity contribution is 6.30. The van der Waals surface area contributed by atoms with Gasteiger partial charge in [-0.1, -0.05) is 49.2 Å². The minimum absolute atomic E-state index is 0.675. The molecule has 0 atom stereocenters. The molecule has 6 heteroatoms. The minimum atomic E-state index is 0.675. The summed E-state index contributed by atoms with van der Waals surface area (Å²) in [6, 6.07) is 19.9. The second-order valence-electron chi connectivity index (χ2n) is 6.85. The summed E-state index contributed by atoms with van der Waals surface area (Å²) in [7, 11) is 0. The smallest absolute Gasteiger partial charge is 0.161 e. The van der Waals surface area contributed by atoms with Gasteiger partial charge in [0.25, 0.3) is 0 Å². The van der Waals surface area contributed by atoms with Crippen LogP contribution >= 0.6 is 11.6 Å². The average Bonchev–Trinajstić information content (AvgIpc) is 3.23. The van der Waals surface area contributed by atoms with E-state index in [1.807, 2.05) is 47.3 Å². The number of nitrogens with zero attached hydrogens (tertiary/aromatic N) is 4. The first-order chi connectivity index (χ1) is 14.2. The Morgan fingerprint density at radius 2 is 1.86 bits per heavy atom. The Balaban J connectivity index is 1.57. The van der Waals surface area contributed by atoms with Crippen LogP contribution in [0.4, 0.5) is 11.5 Å². The molecule has 29 heavy (non-hydrogen) atoms. The maximum atomic E-state index is 6.15. The monoisotopic (exact) mass is 403 g/mol. The number of nitrogens with one attached hydrogen (secondary N) is 1. The molecular formula is C23H22ClN5. The predicted molar refractivity (Wildman–Crippen MR) is 118 cm³/mol. The van der Waals surface area contributed by atoms with Gasteiger partial charge in [-0.15, -0.1) is 0 Å². The van der Waals surface area contributed by atoms with E-state index in [1.54, 1.807) is 6.20 Å². The fourth-order valence-electron chi connectivity index (χ4n) is 3.12. The molecule has 1 N–H and O–H groups in total. The third-order valence-corrected chi connectivity index (χ3v) is 4.73.